The first-order chi connectivity index (χ1) is 9.26. The van der Waals surface area contributed by atoms with Crippen LogP contribution in [0.1, 0.15) is 45.8 Å². The third kappa shape index (κ3) is 3.78. The number of carbonyl (C=O) groups is 1. The van der Waals surface area contributed by atoms with E-state index in [9.17, 15) is 4.79 Å². The summed E-state index contributed by atoms with van der Waals surface area (Å²) in [4.78, 5) is 13.9. The molecule has 0 radical (unpaired) electrons. The second-order valence-electron chi connectivity index (χ2n) is 6.44. The molecule has 1 aromatic heterocycles. The third-order valence-electron chi connectivity index (χ3n) is 3.52. The van der Waals surface area contributed by atoms with E-state index in [0.29, 0.717) is 24.9 Å². The molecule has 112 valence electrons. The summed E-state index contributed by atoms with van der Waals surface area (Å²) in [6, 6.07) is 3.93. The first-order valence-corrected chi connectivity index (χ1v) is 7.79. The zero-order valence-corrected chi connectivity index (χ0v) is 14.1. The number of nitrogens with zero attached hydrogens (tertiary/aromatic N) is 1. The van der Waals surface area contributed by atoms with Crippen LogP contribution in [-0.4, -0.2) is 29.7 Å². The van der Waals surface area contributed by atoms with Crippen molar-refractivity contribution in [2.24, 2.45) is 5.92 Å². The number of amides is 1. The summed E-state index contributed by atoms with van der Waals surface area (Å²) in [5.41, 5.74) is -0.441. The Labute approximate surface area is 128 Å². The highest BCUT2D eigenvalue weighted by Crippen LogP contribution is 2.35. The molecular formula is C15H22BrNO3. The second-order valence-corrected chi connectivity index (χ2v) is 7.22. The van der Waals surface area contributed by atoms with Crippen molar-refractivity contribution in [3.63, 3.8) is 0 Å². The zero-order valence-electron chi connectivity index (χ0n) is 12.5. The molecule has 1 aliphatic heterocycles. The van der Waals surface area contributed by atoms with E-state index in [-0.39, 0.29) is 6.09 Å². The number of carbonyl (C=O) groups excluding carboxylic acids is 1. The molecule has 4 nitrogen and oxygen atoms in total. The summed E-state index contributed by atoms with van der Waals surface area (Å²) in [5, 5.41) is 0. The molecule has 2 rings (SSSR count). The average molecular weight is 344 g/mol. The molecule has 2 heterocycles. The summed E-state index contributed by atoms with van der Waals surface area (Å²) in [6.07, 6.45) is 0.684. The van der Waals surface area contributed by atoms with Crippen molar-refractivity contribution in [3.8, 4) is 0 Å². The maximum Gasteiger partial charge on any atom is 0.410 e. The fourth-order valence-electron chi connectivity index (χ4n) is 2.59. The molecule has 1 amide bonds. The van der Waals surface area contributed by atoms with Gasteiger partial charge in [-0.05, 0) is 61.2 Å². The van der Waals surface area contributed by atoms with Crippen LogP contribution < -0.4 is 0 Å². The largest absolute Gasteiger partial charge is 0.454 e. The van der Waals surface area contributed by atoms with Crippen LogP contribution in [-0.2, 0) is 4.74 Å². The number of hydrogen-bond donors (Lipinski definition) is 0. The van der Waals surface area contributed by atoms with E-state index in [0.717, 1.165) is 16.9 Å². The Morgan fingerprint density at radius 2 is 2.15 bits per heavy atom. The second kappa shape index (κ2) is 5.80. The van der Waals surface area contributed by atoms with Gasteiger partial charge in [0.05, 0.1) is 0 Å². The van der Waals surface area contributed by atoms with Gasteiger partial charge in [0.1, 0.15) is 11.4 Å². The van der Waals surface area contributed by atoms with Gasteiger partial charge in [-0.3, -0.25) is 0 Å². The lowest BCUT2D eigenvalue weighted by Gasteiger charge is -2.36. The van der Waals surface area contributed by atoms with Gasteiger partial charge in [-0.25, -0.2) is 4.79 Å². The number of rotatable bonds is 1. The van der Waals surface area contributed by atoms with Crippen LogP contribution in [0.25, 0.3) is 0 Å². The molecule has 5 heteroatoms. The molecule has 0 aromatic carbocycles. The summed E-state index contributed by atoms with van der Waals surface area (Å²) in [7, 11) is 0. The molecule has 2 atom stereocenters. The minimum Gasteiger partial charge on any atom is -0.454 e. The van der Waals surface area contributed by atoms with Crippen molar-refractivity contribution in [3.05, 3.63) is 22.6 Å². The van der Waals surface area contributed by atoms with E-state index < -0.39 is 5.60 Å². The fraction of sp³-hybridized carbons (Fsp3) is 0.667. The van der Waals surface area contributed by atoms with E-state index >= 15 is 0 Å². The maximum atomic E-state index is 12.1. The lowest BCUT2D eigenvalue weighted by molar-refractivity contribution is 0.0147. The van der Waals surface area contributed by atoms with E-state index in [1.165, 1.54) is 0 Å². The van der Waals surface area contributed by atoms with E-state index in [2.05, 4.69) is 22.9 Å². The highest BCUT2D eigenvalue weighted by Gasteiger charge is 2.33. The van der Waals surface area contributed by atoms with Gasteiger partial charge in [-0.2, -0.15) is 0 Å². The van der Waals surface area contributed by atoms with Gasteiger partial charge >= 0.3 is 6.09 Å². The van der Waals surface area contributed by atoms with Gasteiger partial charge < -0.3 is 14.1 Å². The zero-order chi connectivity index (χ0) is 14.9. The summed E-state index contributed by atoms with van der Waals surface area (Å²) in [6.45, 7) is 9.24. The normalized spacial score (nSPS) is 23.8. The van der Waals surface area contributed by atoms with Gasteiger partial charge in [0, 0.05) is 19.0 Å². The first kappa shape index (κ1) is 15.4. The summed E-state index contributed by atoms with van der Waals surface area (Å²) < 4.78 is 11.8. The summed E-state index contributed by atoms with van der Waals surface area (Å²) in [5.74, 6) is 1.71. The smallest absolute Gasteiger partial charge is 0.410 e. The first-order valence-electron chi connectivity index (χ1n) is 6.99. The molecule has 1 fully saturated rings. The fourth-order valence-corrected chi connectivity index (χ4v) is 2.91. The predicted octanol–water partition coefficient (Wildman–Crippen LogP) is 4.40. The van der Waals surface area contributed by atoms with Crippen molar-refractivity contribution in [1.82, 2.24) is 4.90 Å². The van der Waals surface area contributed by atoms with Crippen LogP contribution in [0.5, 0.6) is 0 Å². The lowest BCUT2D eigenvalue weighted by atomic mass is 9.85. The Bertz CT molecular complexity index is 478. The predicted molar refractivity (Wildman–Crippen MR) is 80.7 cm³/mol. The summed E-state index contributed by atoms with van der Waals surface area (Å²) >= 11 is 3.34. The van der Waals surface area contributed by atoms with Gasteiger partial charge in [-0.15, -0.1) is 0 Å². The molecular weight excluding hydrogens is 322 g/mol. The van der Waals surface area contributed by atoms with Crippen molar-refractivity contribution >= 4 is 22.0 Å². The molecule has 2 unspecified atom stereocenters. The van der Waals surface area contributed by atoms with Crippen LogP contribution in [0.3, 0.4) is 0 Å². The van der Waals surface area contributed by atoms with Gasteiger partial charge in [0.2, 0.25) is 0 Å². The minimum absolute atomic E-state index is 0.219. The monoisotopic (exact) mass is 343 g/mol. The molecule has 0 saturated carbocycles. The SMILES string of the molecule is CC1CN(C(=O)OC(C)(C)C)CCC1c1ccc(Br)o1. The van der Waals surface area contributed by atoms with Gasteiger partial charge in [-0.1, -0.05) is 6.92 Å². The molecule has 20 heavy (non-hydrogen) atoms. The van der Waals surface area contributed by atoms with Crippen molar-refractivity contribution in [2.45, 2.75) is 45.6 Å². The number of halogens is 1. The quantitative estimate of drug-likeness (QED) is 0.758. The Hall–Kier alpha value is -0.970. The van der Waals surface area contributed by atoms with Crippen LogP contribution in [0.4, 0.5) is 4.79 Å². The standard InChI is InChI=1S/C15H22BrNO3/c1-10-9-17(14(18)20-15(2,3)4)8-7-11(10)12-5-6-13(16)19-12/h5-6,10-11H,7-9H2,1-4H3. The Balaban J connectivity index is 1.97. The molecule has 0 spiro atoms. The topological polar surface area (TPSA) is 42.7 Å². The molecule has 0 aliphatic carbocycles. The Morgan fingerprint density at radius 1 is 1.45 bits per heavy atom. The van der Waals surface area contributed by atoms with E-state index in [4.69, 9.17) is 9.15 Å². The molecule has 0 bridgehead atoms. The van der Waals surface area contributed by atoms with E-state index in [1.807, 2.05) is 32.9 Å². The highest BCUT2D eigenvalue weighted by molar-refractivity contribution is 9.10. The van der Waals surface area contributed by atoms with Crippen LogP contribution in [0, 0.1) is 5.92 Å². The third-order valence-corrected chi connectivity index (χ3v) is 3.94. The van der Waals surface area contributed by atoms with Crippen LogP contribution in [0.15, 0.2) is 21.2 Å². The number of furan rings is 1. The van der Waals surface area contributed by atoms with Crippen molar-refractivity contribution in [1.29, 1.82) is 0 Å². The highest BCUT2D eigenvalue weighted by atomic mass is 79.9. The molecule has 1 aromatic rings. The number of piperidine rings is 1. The van der Waals surface area contributed by atoms with Crippen LogP contribution >= 0.6 is 15.9 Å². The van der Waals surface area contributed by atoms with Crippen molar-refractivity contribution < 1.29 is 13.9 Å². The van der Waals surface area contributed by atoms with Gasteiger partial charge in [0.25, 0.3) is 0 Å². The molecule has 1 aliphatic rings. The maximum absolute atomic E-state index is 12.1. The lowest BCUT2D eigenvalue weighted by Crippen LogP contribution is -2.44. The Kier molecular flexibility index (Phi) is 4.47. The minimum atomic E-state index is -0.441. The van der Waals surface area contributed by atoms with E-state index in [1.54, 1.807) is 4.90 Å². The average Bonchev–Trinajstić information content (AvgIpc) is 2.73. The number of likely N-dealkylation sites (tertiary alicyclic amines) is 1. The Morgan fingerprint density at radius 3 is 2.65 bits per heavy atom. The molecule has 1 saturated heterocycles. The number of hydrogen-bond acceptors (Lipinski definition) is 3. The number of ether oxygens (including phenoxy) is 1. The van der Waals surface area contributed by atoms with Gasteiger partial charge in [0.15, 0.2) is 4.67 Å². The van der Waals surface area contributed by atoms with Crippen molar-refractivity contribution in [2.75, 3.05) is 13.1 Å². The van der Waals surface area contributed by atoms with Crippen LogP contribution in [0.2, 0.25) is 0 Å². The molecule has 0 N–H and O–H groups in total.